The van der Waals surface area contributed by atoms with Gasteiger partial charge in [-0.3, -0.25) is 0 Å². The van der Waals surface area contributed by atoms with E-state index in [1.165, 1.54) is 18.4 Å². The van der Waals surface area contributed by atoms with Gasteiger partial charge in [0.2, 0.25) is 0 Å². The highest BCUT2D eigenvalue weighted by Crippen LogP contribution is 2.58. The lowest BCUT2D eigenvalue weighted by molar-refractivity contribution is 0.233. The number of halogens is 1. The Hall–Kier alpha value is -11.0. The van der Waals surface area contributed by atoms with Gasteiger partial charge >= 0.3 is 0 Å². The Labute approximate surface area is 532 Å². The van der Waals surface area contributed by atoms with Gasteiger partial charge < -0.3 is 23.7 Å². The van der Waals surface area contributed by atoms with E-state index in [0.717, 1.165) is 147 Å². The van der Waals surface area contributed by atoms with Gasteiger partial charge in [0.05, 0.1) is 23.1 Å². The van der Waals surface area contributed by atoms with Crippen LogP contribution < -0.4 is 19.1 Å². The predicted molar refractivity (Wildman–Crippen MR) is 376 cm³/mol. The summed E-state index contributed by atoms with van der Waals surface area (Å²) in [6, 6.07) is 96.9. The normalized spacial score (nSPS) is 13.5. The van der Waals surface area contributed by atoms with Crippen LogP contribution in [0.5, 0.6) is 28.7 Å². The van der Waals surface area contributed by atoms with Crippen LogP contribution in [0.15, 0.2) is 292 Å². The third kappa shape index (κ3) is 11.3. The Bertz CT molecular complexity index is 4730. The van der Waals surface area contributed by atoms with E-state index in [4.69, 9.17) is 14.2 Å². The first-order chi connectivity index (χ1) is 44.8. The van der Waals surface area contributed by atoms with Crippen LogP contribution in [0.1, 0.15) is 72.9 Å². The first-order valence-corrected chi connectivity index (χ1v) is 31.6. The van der Waals surface area contributed by atoms with Crippen LogP contribution in [0, 0.1) is 11.7 Å². The number of fused-ring (bicyclic) bond motifs is 6. The summed E-state index contributed by atoms with van der Waals surface area (Å²) in [6.45, 7) is 13.0. The molecule has 2 atom stereocenters. The van der Waals surface area contributed by atoms with Crippen LogP contribution in [0.25, 0.3) is 73.0 Å². The fourth-order valence-corrected chi connectivity index (χ4v) is 13.3. The van der Waals surface area contributed by atoms with Crippen molar-refractivity contribution in [3.05, 3.63) is 331 Å². The Morgan fingerprint density at radius 2 is 0.912 bits per heavy atom. The molecule has 12 aromatic carbocycles. The lowest BCUT2D eigenvalue weighted by Crippen LogP contribution is -2.28. The first kappa shape index (κ1) is 57.8. The molecule has 5 nitrogen and oxygen atoms in total. The minimum Gasteiger partial charge on any atom is -0.493 e. The number of ether oxygens (including phenoxy) is 3. The summed E-state index contributed by atoms with van der Waals surface area (Å²) in [6.07, 6.45) is 8.27. The monoisotopic (exact) mass is 1180 g/mol. The van der Waals surface area contributed by atoms with Gasteiger partial charge in [-0.25, -0.2) is 4.39 Å². The fourth-order valence-electron chi connectivity index (χ4n) is 13.3. The Morgan fingerprint density at radius 3 is 1.45 bits per heavy atom. The van der Waals surface area contributed by atoms with Crippen molar-refractivity contribution < 1.29 is 18.6 Å². The number of nitrogens with zero attached hydrogens (tertiary/aromatic N) is 2. The Balaban J connectivity index is 0.849. The van der Waals surface area contributed by atoms with Gasteiger partial charge in [0, 0.05) is 33.5 Å². The van der Waals surface area contributed by atoms with Crippen molar-refractivity contribution in [3.63, 3.8) is 0 Å². The lowest BCUT2D eigenvalue weighted by atomic mass is 9.67. The van der Waals surface area contributed by atoms with E-state index in [1.54, 1.807) is 12.1 Å². The molecule has 1 aromatic heterocycles. The summed E-state index contributed by atoms with van der Waals surface area (Å²) in [4.78, 5) is 2.24. The highest BCUT2D eigenvalue weighted by Gasteiger charge is 2.46. The second-order valence-corrected chi connectivity index (χ2v) is 23.6. The summed E-state index contributed by atoms with van der Waals surface area (Å²) in [5.74, 6) is 4.09. The van der Waals surface area contributed by atoms with Crippen molar-refractivity contribution in [1.29, 1.82) is 0 Å². The molecule has 0 aliphatic heterocycles. The largest absolute Gasteiger partial charge is 0.493 e. The van der Waals surface area contributed by atoms with E-state index in [9.17, 15) is 0 Å². The SMILES string of the molecule is C=Cc1ccc(Oc2ccc(-c3ccc4c(c3)c3cc(-c5ccc(N(c6ccc(F)cc6)c6ccc7c(c6)C(c6ccc(OCC(CC)CCCC)cc6)(c6ccc(Oc8ccc(C=C)cc8)cc6)c6ccccc6-7)cc5)ccc3n4-c3ccccc3)cc2)cc1. The number of unbranched alkanes of at least 4 members (excludes halogenated alkanes) is 1. The molecule has 0 spiro atoms. The van der Waals surface area contributed by atoms with E-state index in [1.807, 2.05) is 84.9 Å². The van der Waals surface area contributed by atoms with Crippen molar-refractivity contribution in [2.24, 2.45) is 5.92 Å². The number of anilines is 3. The smallest absolute Gasteiger partial charge is 0.127 e. The fraction of sp³-hybridized carbons (Fsp3) is 0.106. The molecule has 0 radical (unpaired) electrons. The summed E-state index contributed by atoms with van der Waals surface area (Å²) < 4.78 is 36.6. The zero-order valence-corrected chi connectivity index (χ0v) is 51.2. The van der Waals surface area contributed by atoms with E-state index in [0.29, 0.717) is 12.5 Å². The minimum absolute atomic E-state index is 0.298. The maximum absolute atomic E-state index is 15.0. The number of aromatic nitrogens is 1. The van der Waals surface area contributed by atoms with Crippen LogP contribution in [-0.4, -0.2) is 11.2 Å². The number of rotatable bonds is 21. The lowest BCUT2D eigenvalue weighted by Gasteiger charge is -2.35. The van der Waals surface area contributed by atoms with Gasteiger partial charge in [0.15, 0.2) is 0 Å². The maximum Gasteiger partial charge on any atom is 0.127 e. The number of para-hydroxylation sites is 1. The van der Waals surface area contributed by atoms with Gasteiger partial charge in [-0.1, -0.05) is 192 Å². The zero-order chi connectivity index (χ0) is 61.8. The molecule has 0 bridgehead atoms. The van der Waals surface area contributed by atoms with E-state index in [-0.39, 0.29) is 5.82 Å². The average Bonchev–Trinajstić information content (AvgIpc) is 1.56. The van der Waals surface area contributed by atoms with Gasteiger partial charge in [-0.05, 0) is 225 Å². The molecule has 0 saturated carbocycles. The molecule has 1 aliphatic rings. The summed E-state index contributed by atoms with van der Waals surface area (Å²) in [7, 11) is 0. The highest BCUT2D eigenvalue weighted by molar-refractivity contribution is 6.11. The second kappa shape index (κ2) is 25.3. The highest BCUT2D eigenvalue weighted by atomic mass is 19.1. The van der Waals surface area contributed by atoms with E-state index < -0.39 is 5.41 Å². The molecule has 0 fully saturated rings. The molecule has 444 valence electrons. The number of hydrogen-bond acceptors (Lipinski definition) is 4. The van der Waals surface area contributed by atoms with Gasteiger partial charge in [-0.15, -0.1) is 0 Å². The molecule has 13 aromatic rings. The maximum atomic E-state index is 15.0. The molecule has 14 rings (SSSR count). The number of benzene rings is 12. The average molecular weight is 1190 g/mol. The molecular formula is C85H69FN2O3. The van der Waals surface area contributed by atoms with Crippen LogP contribution in [0.4, 0.5) is 21.5 Å². The van der Waals surface area contributed by atoms with E-state index >= 15 is 4.39 Å². The molecule has 1 heterocycles. The summed E-state index contributed by atoms with van der Waals surface area (Å²) in [5, 5.41) is 2.30. The Morgan fingerprint density at radius 1 is 0.451 bits per heavy atom. The molecule has 2 unspecified atom stereocenters. The molecule has 91 heavy (non-hydrogen) atoms. The summed E-state index contributed by atoms with van der Waals surface area (Å²) >= 11 is 0. The zero-order valence-electron chi connectivity index (χ0n) is 51.2. The van der Waals surface area contributed by atoms with Crippen LogP contribution in [0.2, 0.25) is 0 Å². The molecule has 0 amide bonds. The first-order valence-electron chi connectivity index (χ1n) is 31.6. The minimum atomic E-state index is -0.766. The van der Waals surface area contributed by atoms with Crippen molar-refractivity contribution >= 4 is 51.0 Å². The second-order valence-electron chi connectivity index (χ2n) is 23.6. The van der Waals surface area contributed by atoms with Crippen molar-refractivity contribution in [1.82, 2.24) is 4.57 Å². The predicted octanol–water partition coefficient (Wildman–Crippen LogP) is 23.6. The molecule has 6 heteroatoms. The standard InChI is InChI=1S/C85H69FN2O3/c1-5-9-15-60(8-4)57-89-72-47-30-65(31-48-72)85(66-32-49-76(50-33-66)91-74-43-22-59(7-3)23-44-74)81-19-14-13-18-77(81)78-51-40-71(56-82(78)85)87(70-38-34-67(86)35-39-70)69-36-24-61(25-37-69)63-28-52-83-79(54-63)80-55-64(29-53-84(80)88(83)68-16-11-10-12-17-68)62-26-45-75(46-27-62)90-73-41-20-58(6-2)21-42-73/h6-7,10-14,16-56,60H,2-3,5,8-9,15,57H2,1,4H3. The van der Waals surface area contributed by atoms with Gasteiger partial charge in [0.1, 0.15) is 34.6 Å². The van der Waals surface area contributed by atoms with Crippen molar-refractivity contribution in [3.8, 4) is 67.8 Å². The van der Waals surface area contributed by atoms with Crippen LogP contribution >= 0.6 is 0 Å². The van der Waals surface area contributed by atoms with Gasteiger partial charge in [0.25, 0.3) is 0 Å². The van der Waals surface area contributed by atoms with Crippen LogP contribution in [0.3, 0.4) is 0 Å². The van der Waals surface area contributed by atoms with Crippen LogP contribution in [-0.2, 0) is 5.41 Å². The summed E-state index contributed by atoms with van der Waals surface area (Å²) in [5.41, 5.74) is 18.5. The Kier molecular flexibility index (Phi) is 16.0. The van der Waals surface area contributed by atoms with Crippen molar-refractivity contribution in [2.45, 2.75) is 44.9 Å². The third-order valence-electron chi connectivity index (χ3n) is 18.1. The quantitative estimate of drug-likeness (QED) is 0.0718. The van der Waals surface area contributed by atoms with Crippen molar-refractivity contribution in [2.75, 3.05) is 11.5 Å². The topological polar surface area (TPSA) is 35.9 Å². The molecular weight excluding hydrogens is 1120 g/mol. The van der Waals surface area contributed by atoms with E-state index in [2.05, 4.69) is 231 Å². The number of hydrogen-bond donors (Lipinski definition) is 0. The molecule has 1 aliphatic carbocycles. The van der Waals surface area contributed by atoms with Gasteiger partial charge in [-0.2, -0.15) is 0 Å². The molecule has 0 N–H and O–H groups in total. The third-order valence-corrected chi connectivity index (χ3v) is 18.1. The molecule has 0 saturated heterocycles.